The number of rotatable bonds is 4. The molecular formula is C20H24N4O2. The Kier molecular flexibility index (Phi) is 5.51. The number of amides is 2. The smallest absolute Gasteiger partial charge is 0.276 e. The van der Waals surface area contributed by atoms with Gasteiger partial charge in [0, 0.05) is 45.3 Å². The van der Waals surface area contributed by atoms with Crippen molar-refractivity contribution in [3.05, 3.63) is 54.4 Å². The maximum absolute atomic E-state index is 12.8. The molecule has 2 amide bonds. The number of carbonyl (C=O) groups is 2. The summed E-state index contributed by atoms with van der Waals surface area (Å²) in [5.74, 6) is 0.0101. The van der Waals surface area contributed by atoms with Gasteiger partial charge < -0.3 is 14.7 Å². The monoisotopic (exact) mass is 352 g/mol. The molecule has 26 heavy (non-hydrogen) atoms. The molecule has 1 saturated heterocycles. The van der Waals surface area contributed by atoms with Crippen molar-refractivity contribution in [2.45, 2.75) is 13.8 Å². The molecule has 6 nitrogen and oxygen atoms in total. The summed E-state index contributed by atoms with van der Waals surface area (Å²) in [5.41, 5.74) is 2.28. The van der Waals surface area contributed by atoms with E-state index in [0.717, 1.165) is 24.5 Å². The van der Waals surface area contributed by atoms with E-state index in [1.54, 1.807) is 24.1 Å². The Morgan fingerprint density at radius 2 is 1.73 bits per heavy atom. The van der Waals surface area contributed by atoms with Gasteiger partial charge in [0.1, 0.15) is 5.69 Å². The lowest BCUT2D eigenvalue weighted by molar-refractivity contribution is -0.129. The molecule has 0 saturated carbocycles. The van der Waals surface area contributed by atoms with Gasteiger partial charge in [-0.05, 0) is 31.2 Å². The predicted molar refractivity (Wildman–Crippen MR) is 102 cm³/mol. The van der Waals surface area contributed by atoms with Gasteiger partial charge in [-0.2, -0.15) is 0 Å². The van der Waals surface area contributed by atoms with Crippen LogP contribution in [0.3, 0.4) is 0 Å². The van der Waals surface area contributed by atoms with Gasteiger partial charge in [-0.15, -0.1) is 0 Å². The maximum atomic E-state index is 12.8. The van der Waals surface area contributed by atoms with E-state index in [1.807, 2.05) is 48.2 Å². The van der Waals surface area contributed by atoms with Crippen LogP contribution in [0.4, 0.5) is 11.4 Å². The molecule has 6 heteroatoms. The summed E-state index contributed by atoms with van der Waals surface area (Å²) in [4.78, 5) is 34.4. The second-order valence-electron chi connectivity index (χ2n) is 6.28. The van der Waals surface area contributed by atoms with Crippen molar-refractivity contribution in [2.75, 3.05) is 42.5 Å². The number of aromatic nitrogens is 1. The van der Waals surface area contributed by atoms with Crippen molar-refractivity contribution >= 4 is 23.2 Å². The molecule has 1 aromatic carbocycles. The number of nitrogens with zero attached hydrogens (tertiary/aromatic N) is 4. The summed E-state index contributed by atoms with van der Waals surface area (Å²) in [7, 11) is 0. The summed E-state index contributed by atoms with van der Waals surface area (Å²) in [6.45, 7) is 7.12. The Balaban J connectivity index is 1.69. The normalized spacial score (nSPS) is 14.2. The van der Waals surface area contributed by atoms with E-state index in [0.29, 0.717) is 25.3 Å². The van der Waals surface area contributed by atoms with Crippen LogP contribution in [0.2, 0.25) is 0 Å². The van der Waals surface area contributed by atoms with E-state index < -0.39 is 0 Å². The summed E-state index contributed by atoms with van der Waals surface area (Å²) in [6.07, 6.45) is 1.75. The number of benzene rings is 1. The van der Waals surface area contributed by atoms with Gasteiger partial charge in [0.15, 0.2) is 0 Å². The number of hydrogen-bond acceptors (Lipinski definition) is 4. The van der Waals surface area contributed by atoms with E-state index >= 15 is 0 Å². The fourth-order valence-corrected chi connectivity index (χ4v) is 3.17. The topological polar surface area (TPSA) is 56.8 Å². The molecule has 1 aliphatic rings. The highest BCUT2D eigenvalue weighted by atomic mass is 16.2. The van der Waals surface area contributed by atoms with Gasteiger partial charge in [-0.25, -0.2) is 4.98 Å². The summed E-state index contributed by atoms with van der Waals surface area (Å²) >= 11 is 0. The lowest BCUT2D eigenvalue weighted by Gasteiger charge is -2.35. The highest BCUT2D eigenvalue weighted by Crippen LogP contribution is 2.19. The van der Waals surface area contributed by atoms with Crippen LogP contribution in [0.15, 0.2) is 48.7 Å². The molecule has 136 valence electrons. The molecule has 1 fully saturated rings. The average Bonchev–Trinajstić information content (AvgIpc) is 2.69. The van der Waals surface area contributed by atoms with E-state index in [-0.39, 0.29) is 11.8 Å². The fraction of sp³-hybridized carbons (Fsp3) is 0.350. The third-order valence-electron chi connectivity index (χ3n) is 4.69. The van der Waals surface area contributed by atoms with Gasteiger partial charge in [-0.1, -0.05) is 18.2 Å². The molecule has 0 unspecified atom stereocenters. The summed E-state index contributed by atoms with van der Waals surface area (Å²) in [5, 5.41) is 0. The van der Waals surface area contributed by atoms with Crippen molar-refractivity contribution in [2.24, 2.45) is 0 Å². The lowest BCUT2D eigenvalue weighted by Crippen LogP contribution is -2.48. The predicted octanol–water partition coefficient (Wildman–Crippen LogP) is 2.42. The number of pyridine rings is 1. The van der Waals surface area contributed by atoms with Crippen molar-refractivity contribution in [1.82, 2.24) is 9.88 Å². The Morgan fingerprint density at radius 1 is 1.04 bits per heavy atom. The highest BCUT2D eigenvalue weighted by molar-refractivity contribution is 6.04. The van der Waals surface area contributed by atoms with Gasteiger partial charge in [0.25, 0.3) is 5.91 Å². The Hall–Kier alpha value is -2.89. The van der Waals surface area contributed by atoms with Crippen molar-refractivity contribution in [1.29, 1.82) is 0 Å². The molecule has 0 radical (unpaired) electrons. The van der Waals surface area contributed by atoms with Crippen LogP contribution < -0.4 is 9.80 Å². The Labute approximate surface area is 154 Å². The number of para-hydroxylation sites is 1. The van der Waals surface area contributed by atoms with Crippen molar-refractivity contribution < 1.29 is 9.59 Å². The average molecular weight is 352 g/mol. The second kappa shape index (κ2) is 7.99. The number of anilines is 2. The molecule has 3 rings (SSSR count). The van der Waals surface area contributed by atoms with E-state index in [1.165, 1.54) is 0 Å². The molecule has 0 aliphatic carbocycles. The number of hydrogen-bond donors (Lipinski definition) is 0. The first-order valence-electron chi connectivity index (χ1n) is 8.93. The SMILES string of the molecule is CCN(C(=O)c1ccc(N2CCN(C(C)=O)CC2)cn1)c1ccccc1. The van der Waals surface area contributed by atoms with Crippen molar-refractivity contribution in [3.8, 4) is 0 Å². The largest absolute Gasteiger partial charge is 0.367 e. The summed E-state index contributed by atoms with van der Waals surface area (Å²) in [6, 6.07) is 13.3. The zero-order valence-corrected chi connectivity index (χ0v) is 15.3. The van der Waals surface area contributed by atoms with E-state index in [9.17, 15) is 9.59 Å². The zero-order valence-electron chi connectivity index (χ0n) is 15.3. The molecule has 0 N–H and O–H groups in total. The fourth-order valence-electron chi connectivity index (χ4n) is 3.17. The van der Waals surface area contributed by atoms with Crippen LogP contribution in [0.5, 0.6) is 0 Å². The van der Waals surface area contributed by atoms with Gasteiger partial charge in [0.05, 0.1) is 11.9 Å². The van der Waals surface area contributed by atoms with Crippen LogP contribution in [0.1, 0.15) is 24.3 Å². The molecule has 2 heterocycles. The lowest BCUT2D eigenvalue weighted by atomic mass is 10.2. The Morgan fingerprint density at radius 3 is 2.27 bits per heavy atom. The third-order valence-corrected chi connectivity index (χ3v) is 4.69. The first kappa shape index (κ1) is 17.9. The molecular weight excluding hydrogens is 328 g/mol. The van der Waals surface area contributed by atoms with Gasteiger partial charge in [0.2, 0.25) is 5.91 Å². The number of piperazine rings is 1. The van der Waals surface area contributed by atoms with Crippen LogP contribution in [-0.4, -0.2) is 54.4 Å². The molecule has 1 aliphatic heterocycles. The minimum atomic E-state index is -0.105. The van der Waals surface area contributed by atoms with E-state index in [2.05, 4.69) is 9.88 Å². The molecule has 0 spiro atoms. The molecule has 0 bridgehead atoms. The summed E-state index contributed by atoms with van der Waals surface area (Å²) < 4.78 is 0. The minimum absolute atomic E-state index is 0.105. The molecule has 1 aromatic heterocycles. The standard InChI is InChI=1S/C20H24N4O2/c1-3-24(17-7-5-4-6-8-17)20(26)19-10-9-18(15-21-19)23-13-11-22(12-14-23)16(2)25/h4-10,15H,3,11-14H2,1-2H3. The quantitative estimate of drug-likeness (QED) is 0.848. The van der Waals surface area contributed by atoms with Crippen molar-refractivity contribution in [3.63, 3.8) is 0 Å². The van der Waals surface area contributed by atoms with E-state index in [4.69, 9.17) is 0 Å². The minimum Gasteiger partial charge on any atom is -0.367 e. The van der Waals surface area contributed by atoms with Crippen LogP contribution >= 0.6 is 0 Å². The van der Waals surface area contributed by atoms with Crippen LogP contribution in [-0.2, 0) is 4.79 Å². The van der Waals surface area contributed by atoms with Gasteiger partial charge >= 0.3 is 0 Å². The second-order valence-corrected chi connectivity index (χ2v) is 6.28. The third kappa shape index (κ3) is 3.85. The first-order valence-corrected chi connectivity index (χ1v) is 8.93. The zero-order chi connectivity index (χ0) is 18.5. The first-order chi connectivity index (χ1) is 12.6. The highest BCUT2D eigenvalue weighted by Gasteiger charge is 2.20. The molecule has 0 atom stereocenters. The van der Waals surface area contributed by atoms with Crippen LogP contribution in [0.25, 0.3) is 0 Å². The molecule has 2 aromatic rings. The number of carbonyl (C=O) groups excluding carboxylic acids is 2. The van der Waals surface area contributed by atoms with Gasteiger partial charge in [-0.3, -0.25) is 9.59 Å². The Bertz CT molecular complexity index is 753. The maximum Gasteiger partial charge on any atom is 0.276 e. The van der Waals surface area contributed by atoms with Crippen LogP contribution in [0, 0.1) is 0 Å².